The number of ether oxygens (including phenoxy) is 1. The van der Waals surface area contributed by atoms with Gasteiger partial charge in [0, 0.05) is 4.88 Å². The number of esters is 1. The smallest absolute Gasteiger partial charge is 0.349 e. The van der Waals surface area contributed by atoms with Gasteiger partial charge in [0.2, 0.25) is 0 Å². The molecule has 1 aromatic heterocycles. The van der Waals surface area contributed by atoms with Crippen molar-refractivity contribution in [3.63, 3.8) is 0 Å². The zero-order valence-electron chi connectivity index (χ0n) is 13.1. The molecule has 1 amide bonds. The average Bonchev–Trinajstić information content (AvgIpc) is 2.80. The maximum atomic E-state index is 12.0. The van der Waals surface area contributed by atoms with Crippen molar-refractivity contribution in [1.82, 2.24) is 0 Å². The second kappa shape index (κ2) is 5.79. The van der Waals surface area contributed by atoms with Crippen LogP contribution in [0.2, 0.25) is 0 Å². The fourth-order valence-electron chi connectivity index (χ4n) is 2.64. The largest absolute Gasteiger partial charge is 0.448 e. The van der Waals surface area contributed by atoms with Gasteiger partial charge >= 0.3 is 5.97 Å². The van der Waals surface area contributed by atoms with Crippen molar-refractivity contribution >= 4 is 23.2 Å². The highest BCUT2D eigenvalue weighted by atomic mass is 32.1. The number of carbonyl (C=O) groups is 2. The van der Waals surface area contributed by atoms with E-state index in [4.69, 9.17) is 10.5 Å². The van der Waals surface area contributed by atoms with Gasteiger partial charge in [-0.15, -0.1) is 11.3 Å². The van der Waals surface area contributed by atoms with E-state index in [0.29, 0.717) is 10.8 Å². The lowest BCUT2D eigenvalue weighted by molar-refractivity contribution is -0.125. The van der Waals surface area contributed by atoms with Gasteiger partial charge in [-0.25, -0.2) is 4.79 Å². The van der Waals surface area contributed by atoms with Crippen LogP contribution in [0.4, 0.5) is 0 Å². The van der Waals surface area contributed by atoms with Gasteiger partial charge in [-0.1, -0.05) is 20.8 Å². The standard InChI is InChI=1S/C16H23NO3S/c1-9(14(17)18)20-15(19)13-8-10-7-11(16(2,3)4)5-6-12(10)21-13/h8-9,11H,5-7H2,1-4H3,(H2,17,18)/t9-,11+/m1/s1. The number of nitrogens with two attached hydrogens (primary N) is 1. The van der Waals surface area contributed by atoms with E-state index >= 15 is 0 Å². The van der Waals surface area contributed by atoms with E-state index in [1.54, 1.807) is 0 Å². The minimum Gasteiger partial charge on any atom is -0.448 e. The topological polar surface area (TPSA) is 69.4 Å². The predicted molar refractivity (Wildman–Crippen MR) is 83.4 cm³/mol. The van der Waals surface area contributed by atoms with Gasteiger partial charge in [-0.3, -0.25) is 4.79 Å². The fraction of sp³-hybridized carbons (Fsp3) is 0.625. The Kier molecular flexibility index (Phi) is 4.42. The van der Waals surface area contributed by atoms with Crippen molar-refractivity contribution < 1.29 is 14.3 Å². The highest BCUT2D eigenvalue weighted by Crippen LogP contribution is 2.40. The van der Waals surface area contributed by atoms with Crippen molar-refractivity contribution in [2.45, 2.75) is 53.1 Å². The summed E-state index contributed by atoms with van der Waals surface area (Å²) in [6.45, 7) is 8.28. The van der Waals surface area contributed by atoms with Gasteiger partial charge in [-0.2, -0.15) is 0 Å². The number of thiophene rings is 1. The van der Waals surface area contributed by atoms with Crippen LogP contribution < -0.4 is 5.73 Å². The van der Waals surface area contributed by atoms with E-state index in [9.17, 15) is 9.59 Å². The summed E-state index contributed by atoms with van der Waals surface area (Å²) < 4.78 is 5.07. The number of carbonyl (C=O) groups excluding carboxylic acids is 2. The van der Waals surface area contributed by atoms with Crippen LogP contribution in [0.15, 0.2) is 6.07 Å². The molecule has 0 spiro atoms. The first-order valence-electron chi connectivity index (χ1n) is 7.30. The maximum absolute atomic E-state index is 12.0. The van der Waals surface area contributed by atoms with E-state index in [0.717, 1.165) is 19.3 Å². The quantitative estimate of drug-likeness (QED) is 0.873. The van der Waals surface area contributed by atoms with Gasteiger partial charge in [0.25, 0.3) is 5.91 Å². The third-order valence-corrected chi connectivity index (χ3v) is 5.41. The minimum absolute atomic E-state index is 0.279. The maximum Gasteiger partial charge on any atom is 0.349 e. The summed E-state index contributed by atoms with van der Waals surface area (Å²) in [7, 11) is 0. The molecule has 0 aliphatic heterocycles. The monoisotopic (exact) mass is 309 g/mol. The summed E-state index contributed by atoms with van der Waals surface area (Å²) in [6.07, 6.45) is 2.29. The lowest BCUT2D eigenvalue weighted by Gasteiger charge is -2.33. The van der Waals surface area contributed by atoms with Crippen molar-refractivity contribution in [3.05, 3.63) is 21.4 Å². The number of rotatable bonds is 3. The number of primary amides is 1. The zero-order valence-corrected chi connectivity index (χ0v) is 13.9. The summed E-state index contributed by atoms with van der Waals surface area (Å²) in [5.74, 6) is -0.446. The number of aryl methyl sites for hydroxylation is 1. The predicted octanol–water partition coefficient (Wildman–Crippen LogP) is 2.93. The summed E-state index contributed by atoms with van der Waals surface area (Å²) in [5.41, 5.74) is 6.65. The number of hydrogen-bond acceptors (Lipinski definition) is 4. The molecule has 116 valence electrons. The Morgan fingerprint density at radius 2 is 2.10 bits per heavy atom. The molecule has 4 nitrogen and oxygen atoms in total. The Bertz CT molecular complexity index is 556. The molecule has 0 radical (unpaired) electrons. The Labute approximate surface area is 129 Å². The Balaban J connectivity index is 2.11. The fourth-order valence-corrected chi connectivity index (χ4v) is 3.73. The van der Waals surface area contributed by atoms with E-state index in [1.165, 1.54) is 28.7 Å². The average molecular weight is 309 g/mol. The van der Waals surface area contributed by atoms with E-state index in [2.05, 4.69) is 20.8 Å². The van der Waals surface area contributed by atoms with Crippen molar-refractivity contribution in [2.24, 2.45) is 17.1 Å². The molecule has 2 N–H and O–H groups in total. The van der Waals surface area contributed by atoms with Crippen LogP contribution in [0.25, 0.3) is 0 Å². The summed E-state index contributed by atoms with van der Waals surface area (Å²) in [6, 6.07) is 1.92. The molecule has 1 aromatic rings. The van der Waals surface area contributed by atoms with Crippen LogP contribution in [0.1, 0.15) is 54.2 Å². The third-order valence-electron chi connectivity index (χ3n) is 4.19. The van der Waals surface area contributed by atoms with Gasteiger partial charge in [0.05, 0.1) is 0 Å². The number of amides is 1. The summed E-state index contributed by atoms with van der Waals surface area (Å²) >= 11 is 1.48. The van der Waals surface area contributed by atoms with Gasteiger partial charge in [0.15, 0.2) is 6.10 Å². The number of hydrogen-bond donors (Lipinski definition) is 1. The van der Waals surface area contributed by atoms with Gasteiger partial charge in [-0.05, 0) is 49.1 Å². The molecule has 0 saturated carbocycles. The van der Waals surface area contributed by atoms with Crippen LogP contribution >= 0.6 is 11.3 Å². The Morgan fingerprint density at radius 3 is 2.67 bits per heavy atom. The first kappa shape index (κ1) is 16.0. The van der Waals surface area contributed by atoms with Crippen LogP contribution in [0, 0.1) is 11.3 Å². The third kappa shape index (κ3) is 3.64. The lowest BCUT2D eigenvalue weighted by atomic mass is 9.72. The van der Waals surface area contributed by atoms with Crippen molar-refractivity contribution in [3.8, 4) is 0 Å². The second-order valence-electron chi connectivity index (χ2n) is 6.81. The van der Waals surface area contributed by atoms with Crippen molar-refractivity contribution in [2.75, 3.05) is 0 Å². The normalized spacial score (nSPS) is 19.7. The molecule has 0 bridgehead atoms. The highest BCUT2D eigenvalue weighted by molar-refractivity contribution is 7.14. The molecule has 0 fully saturated rings. The molecule has 0 unspecified atom stereocenters. The highest BCUT2D eigenvalue weighted by Gasteiger charge is 2.31. The van der Waals surface area contributed by atoms with Gasteiger partial charge in [0.1, 0.15) is 4.88 Å². The van der Waals surface area contributed by atoms with E-state index < -0.39 is 18.0 Å². The molecule has 21 heavy (non-hydrogen) atoms. The molecule has 0 saturated heterocycles. The minimum atomic E-state index is -0.890. The first-order chi connectivity index (χ1) is 9.68. The second-order valence-corrected chi connectivity index (χ2v) is 7.95. The molecule has 2 atom stereocenters. The molecule has 0 aromatic carbocycles. The Morgan fingerprint density at radius 1 is 1.43 bits per heavy atom. The summed E-state index contributed by atoms with van der Waals surface area (Å²) in [4.78, 5) is 24.8. The zero-order chi connectivity index (χ0) is 15.8. The van der Waals surface area contributed by atoms with Crippen LogP contribution in [-0.2, 0) is 22.4 Å². The molecular weight excluding hydrogens is 286 g/mol. The molecule has 2 rings (SSSR count). The molecule has 1 aliphatic rings. The molecule has 1 aliphatic carbocycles. The van der Waals surface area contributed by atoms with Crippen LogP contribution in [0.3, 0.4) is 0 Å². The molecule has 1 heterocycles. The van der Waals surface area contributed by atoms with Crippen LogP contribution in [0.5, 0.6) is 0 Å². The first-order valence-corrected chi connectivity index (χ1v) is 8.12. The number of fused-ring (bicyclic) bond motifs is 1. The lowest BCUT2D eigenvalue weighted by Crippen LogP contribution is -2.30. The molecule has 5 heteroatoms. The SMILES string of the molecule is C[C@@H](OC(=O)c1cc2c(s1)CC[C@H](C(C)(C)C)C2)C(N)=O. The summed E-state index contributed by atoms with van der Waals surface area (Å²) in [5, 5.41) is 0. The molecular formula is C16H23NO3S. The Hall–Kier alpha value is -1.36. The van der Waals surface area contributed by atoms with Gasteiger partial charge < -0.3 is 10.5 Å². The van der Waals surface area contributed by atoms with E-state index in [-0.39, 0.29) is 5.41 Å². The van der Waals surface area contributed by atoms with Crippen molar-refractivity contribution in [1.29, 1.82) is 0 Å². The van der Waals surface area contributed by atoms with E-state index in [1.807, 2.05) is 6.07 Å². The van der Waals surface area contributed by atoms with Crippen LogP contribution in [-0.4, -0.2) is 18.0 Å².